The molecular weight excluding hydrogens is 841 g/mol. The van der Waals surface area contributed by atoms with Crippen molar-refractivity contribution < 1.29 is 28.6 Å². The Morgan fingerprint density at radius 2 is 0.603 bits per heavy atom. The van der Waals surface area contributed by atoms with Gasteiger partial charge in [-0.1, -0.05) is 220 Å². The topological polar surface area (TPSA) is 78.9 Å². The maximum Gasteiger partial charge on any atom is 0.306 e. The quantitative estimate of drug-likeness (QED) is 0.0262. The Balaban J connectivity index is 4.23. The number of carbonyl (C=O) groups excluding carboxylic acids is 3. The Labute approximate surface area is 419 Å². The van der Waals surface area contributed by atoms with Crippen LogP contribution < -0.4 is 0 Å². The molecule has 1 atom stereocenters. The van der Waals surface area contributed by atoms with E-state index >= 15 is 0 Å². The zero-order valence-electron chi connectivity index (χ0n) is 44.1. The van der Waals surface area contributed by atoms with Crippen molar-refractivity contribution in [3.05, 3.63) is 109 Å². The van der Waals surface area contributed by atoms with Gasteiger partial charge in [-0.3, -0.25) is 14.4 Å². The highest BCUT2D eigenvalue weighted by atomic mass is 16.6. The van der Waals surface area contributed by atoms with Crippen LogP contribution in [0, 0.1) is 0 Å². The number of allylic oxidation sites excluding steroid dienone is 18. The van der Waals surface area contributed by atoms with Crippen molar-refractivity contribution in [1.29, 1.82) is 0 Å². The number of rotatable bonds is 49. The standard InChI is InChI=1S/C62H102O6/c1-4-7-10-13-16-19-22-23-24-25-26-27-28-29-30-31-32-33-34-35-36-37-38-39-41-43-46-49-52-55-61(64)67-58-59(57-66-60(63)54-51-48-45-42-21-18-15-12-9-6-3)68-62(65)56-53-50-47-44-40-20-17-14-11-8-5-2/h7,10,12,14-17,19,23-24,26-27,29-30,32-33,35-36,59H,4-6,8-9,11,13,18,20-22,25,28,31,34,37-58H2,1-3H3/b10-7-,15-12-,17-14-,19-16-,24-23-,27-26-,30-29-,33-32-,36-35-. The zero-order chi connectivity index (χ0) is 49.3. The van der Waals surface area contributed by atoms with Crippen LogP contribution in [0.25, 0.3) is 0 Å². The lowest BCUT2D eigenvalue weighted by atomic mass is 10.1. The summed E-state index contributed by atoms with van der Waals surface area (Å²) in [6, 6.07) is 0. The summed E-state index contributed by atoms with van der Waals surface area (Å²) in [4.78, 5) is 37.9. The molecule has 386 valence electrons. The smallest absolute Gasteiger partial charge is 0.306 e. The number of hydrogen-bond acceptors (Lipinski definition) is 6. The van der Waals surface area contributed by atoms with Crippen molar-refractivity contribution in [3.63, 3.8) is 0 Å². The third-order valence-electron chi connectivity index (χ3n) is 11.5. The van der Waals surface area contributed by atoms with Gasteiger partial charge in [0.1, 0.15) is 13.2 Å². The molecule has 0 rings (SSSR count). The molecule has 6 heteroatoms. The molecule has 0 heterocycles. The molecule has 6 nitrogen and oxygen atoms in total. The van der Waals surface area contributed by atoms with Gasteiger partial charge in [0.25, 0.3) is 0 Å². The minimum Gasteiger partial charge on any atom is -0.462 e. The third-order valence-corrected chi connectivity index (χ3v) is 11.5. The molecule has 0 saturated carbocycles. The van der Waals surface area contributed by atoms with Crippen LogP contribution in [0.3, 0.4) is 0 Å². The fourth-order valence-electron chi connectivity index (χ4n) is 7.29. The lowest BCUT2D eigenvalue weighted by Gasteiger charge is -2.18. The van der Waals surface area contributed by atoms with E-state index in [4.69, 9.17) is 14.2 Å². The van der Waals surface area contributed by atoms with E-state index < -0.39 is 6.10 Å². The Morgan fingerprint density at radius 3 is 0.971 bits per heavy atom. The summed E-state index contributed by atoms with van der Waals surface area (Å²) in [6.45, 7) is 6.39. The Kier molecular flexibility index (Phi) is 52.4. The molecule has 0 aliphatic carbocycles. The van der Waals surface area contributed by atoms with E-state index in [0.29, 0.717) is 19.3 Å². The molecule has 0 aromatic heterocycles. The normalized spacial score (nSPS) is 12.9. The maximum absolute atomic E-state index is 12.8. The van der Waals surface area contributed by atoms with E-state index in [1.165, 1.54) is 64.2 Å². The van der Waals surface area contributed by atoms with Gasteiger partial charge in [0.2, 0.25) is 0 Å². The van der Waals surface area contributed by atoms with Gasteiger partial charge in [-0.2, -0.15) is 0 Å². The van der Waals surface area contributed by atoms with Gasteiger partial charge in [-0.25, -0.2) is 0 Å². The van der Waals surface area contributed by atoms with Crippen LogP contribution in [-0.4, -0.2) is 37.2 Å². The van der Waals surface area contributed by atoms with Gasteiger partial charge >= 0.3 is 17.9 Å². The Hall–Kier alpha value is -3.93. The largest absolute Gasteiger partial charge is 0.462 e. The molecule has 0 aliphatic heterocycles. The number of hydrogen-bond donors (Lipinski definition) is 0. The molecule has 0 radical (unpaired) electrons. The van der Waals surface area contributed by atoms with Gasteiger partial charge in [0.05, 0.1) is 0 Å². The summed E-state index contributed by atoms with van der Waals surface area (Å²) in [5.41, 5.74) is 0. The number of esters is 3. The second-order valence-corrected chi connectivity index (χ2v) is 18.1. The van der Waals surface area contributed by atoms with Crippen LogP contribution in [-0.2, 0) is 28.6 Å². The van der Waals surface area contributed by atoms with E-state index in [1.54, 1.807) is 0 Å². The zero-order valence-corrected chi connectivity index (χ0v) is 44.1. The molecule has 0 saturated heterocycles. The highest BCUT2D eigenvalue weighted by molar-refractivity contribution is 5.71. The van der Waals surface area contributed by atoms with Crippen molar-refractivity contribution in [2.24, 2.45) is 0 Å². The van der Waals surface area contributed by atoms with Crippen molar-refractivity contribution in [3.8, 4) is 0 Å². The highest BCUT2D eigenvalue weighted by Crippen LogP contribution is 2.14. The fourth-order valence-corrected chi connectivity index (χ4v) is 7.29. The van der Waals surface area contributed by atoms with Crippen LogP contribution in [0.4, 0.5) is 0 Å². The molecule has 1 unspecified atom stereocenters. The Bertz CT molecular complexity index is 1410. The predicted molar refractivity (Wildman–Crippen MR) is 293 cm³/mol. The second kappa shape index (κ2) is 55.7. The molecule has 0 amide bonds. The van der Waals surface area contributed by atoms with Crippen LogP contribution >= 0.6 is 0 Å². The molecule has 68 heavy (non-hydrogen) atoms. The van der Waals surface area contributed by atoms with Gasteiger partial charge in [-0.15, -0.1) is 0 Å². The lowest BCUT2D eigenvalue weighted by molar-refractivity contribution is -0.167. The van der Waals surface area contributed by atoms with Crippen LogP contribution in [0.5, 0.6) is 0 Å². The van der Waals surface area contributed by atoms with Gasteiger partial charge in [0.15, 0.2) is 6.10 Å². The SMILES string of the molecule is CC/C=C\C/C=C\C/C=C\C/C=C\C/C=C\C/C=C\C/C=C\CCCCCCCCCC(=O)OCC(COC(=O)CCCCCCC/C=C\CCC)OC(=O)CCCCCCC/C=C\CCCC. The van der Waals surface area contributed by atoms with Crippen molar-refractivity contribution in [2.45, 2.75) is 252 Å². The van der Waals surface area contributed by atoms with Crippen LogP contribution in [0.15, 0.2) is 109 Å². The first kappa shape index (κ1) is 64.1. The Morgan fingerprint density at radius 1 is 0.309 bits per heavy atom. The summed E-state index contributed by atoms with van der Waals surface area (Å²) < 4.78 is 16.8. The minimum atomic E-state index is -0.790. The summed E-state index contributed by atoms with van der Waals surface area (Å²) in [7, 11) is 0. The minimum absolute atomic E-state index is 0.0903. The van der Waals surface area contributed by atoms with Gasteiger partial charge < -0.3 is 14.2 Å². The van der Waals surface area contributed by atoms with E-state index in [9.17, 15) is 14.4 Å². The van der Waals surface area contributed by atoms with Gasteiger partial charge in [0, 0.05) is 19.3 Å². The molecule has 0 aromatic rings. The summed E-state index contributed by atoms with van der Waals surface area (Å²) in [5, 5.41) is 0. The fraction of sp³-hybridized carbons (Fsp3) is 0.661. The summed E-state index contributed by atoms with van der Waals surface area (Å²) in [5.74, 6) is -0.926. The van der Waals surface area contributed by atoms with Crippen LogP contribution in [0.2, 0.25) is 0 Å². The van der Waals surface area contributed by atoms with E-state index in [0.717, 1.165) is 141 Å². The average molecular weight is 943 g/mol. The first-order chi connectivity index (χ1) is 33.5. The molecule has 0 bridgehead atoms. The van der Waals surface area contributed by atoms with E-state index in [-0.39, 0.29) is 31.1 Å². The maximum atomic E-state index is 12.8. The second-order valence-electron chi connectivity index (χ2n) is 18.1. The van der Waals surface area contributed by atoms with Gasteiger partial charge in [-0.05, 0) is 116 Å². The first-order valence-electron chi connectivity index (χ1n) is 27.9. The molecule has 0 N–H and O–H groups in total. The monoisotopic (exact) mass is 943 g/mol. The molecule has 0 fully saturated rings. The predicted octanol–water partition coefficient (Wildman–Crippen LogP) is 18.7. The van der Waals surface area contributed by atoms with E-state index in [2.05, 4.69) is 130 Å². The number of unbranched alkanes of at least 4 members (excludes halogenated alkanes) is 20. The first-order valence-corrected chi connectivity index (χ1v) is 27.9. The highest BCUT2D eigenvalue weighted by Gasteiger charge is 2.19. The summed E-state index contributed by atoms with van der Waals surface area (Å²) in [6.07, 6.45) is 75.2. The number of carbonyl (C=O) groups is 3. The number of ether oxygens (including phenoxy) is 3. The average Bonchev–Trinajstić information content (AvgIpc) is 3.34. The van der Waals surface area contributed by atoms with E-state index in [1.807, 2.05) is 0 Å². The van der Waals surface area contributed by atoms with Crippen molar-refractivity contribution >= 4 is 17.9 Å². The van der Waals surface area contributed by atoms with Crippen LogP contribution in [0.1, 0.15) is 245 Å². The molecular formula is C62H102O6. The van der Waals surface area contributed by atoms with Crippen molar-refractivity contribution in [2.75, 3.05) is 13.2 Å². The molecule has 0 spiro atoms. The lowest BCUT2D eigenvalue weighted by Crippen LogP contribution is -2.30. The summed E-state index contributed by atoms with van der Waals surface area (Å²) >= 11 is 0. The molecule has 0 aromatic carbocycles. The third kappa shape index (κ3) is 53.0. The van der Waals surface area contributed by atoms with Crippen molar-refractivity contribution in [1.82, 2.24) is 0 Å². The molecule has 0 aliphatic rings.